The van der Waals surface area contributed by atoms with Gasteiger partial charge in [-0.3, -0.25) is 4.79 Å². The number of anilines is 2. The molecule has 3 heterocycles. The van der Waals surface area contributed by atoms with Crippen molar-refractivity contribution in [1.29, 1.82) is 0 Å². The lowest BCUT2D eigenvalue weighted by Crippen LogP contribution is -2.51. The van der Waals surface area contributed by atoms with Crippen LogP contribution in [-0.2, 0) is 4.79 Å². The van der Waals surface area contributed by atoms with Crippen LogP contribution in [0.1, 0.15) is 12.8 Å². The quantitative estimate of drug-likeness (QED) is 0.573. The van der Waals surface area contributed by atoms with Crippen LogP contribution in [0.2, 0.25) is 0 Å². The number of nitrogens with zero attached hydrogens (tertiary/aromatic N) is 5. The minimum absolute atomic E-state index is 0.0375. The van der Waals surface area contributed by atoms with Gasteiger partial charge in [0, 0.05) is 56.9 Å². The second kappa shape index (κ2) is 10.1. The van der Waals surface area contributed by atoms with Gasteiger partial charge in [0.2, 0.25) is 11.8 Å². The molecular formula is C26H28FN5O2. The van der Waals surface area contributed by atoms with Crippen molar-refractivity contribution < 1.29 is 13.9 Å². The maximum absolute atomic E-state index is 13.2. The first kappa shape index (κ1) is 22.1. The molecule has 7 nitrogen and oxygen atoms in total. The minimum Gasteiger partial charge on any atom is -0.439 e. The fourth-order valence-electron chi connectivity index (χ4n) is 4.62. The van der Waals surface area contributed by atoms with Crippen LogP contribution in [0.25, 0.3) is 0 Å². The Morgan fingerprint density at radius 2 is 1.56 bits per heavy atom. The molecule has 0 saturated carbocycles. The predicted molar refractivity (Wildman–Crippen MR) is 129 cm³/mol. The first-order valence-corrected chi connectivity index (χ1v) is 11.7. The third-order valence-corrected chi connectivity index (χ3v) is 6.54. The van der Waals surface area contributed by atoms with Gasteiger partial charge in [0.25, 0.3) is 0 Å². The van der Waals surface area contributed by atoms with Crippen molar-refractivity contribution in [2.45, 2.75) is 12.8 Å². The summed E-state index contributed by atoms with van der Waals surface area (Å²) in [6.07, 6.45) is 3.12. The maximum Gasteiger partial charge on any atom is 0.225 e. The van der Waals surface area contributed by atoms with E-state index in [0.717, 1.165) is 56.3 Å². The van der Waals surface area contributed by atoms with Gasteiger partial charge in [0.15, 0.2) is 0 Å². The second-order valence-corrected chi connectivity index (χ2v) is 8.68. The number of carbonyl (C=O) groups excluding carboxylic acids is 1. The number of rotatable bonds is 5. The van der Waals surface area contributed by atoms with Crippen molar-refractivity contribution >= 4 is 17.4 Å². The van der Waals surface area contributed by atoms with E-state index < -0.39 is 0 Å². The van der Waals surface area contributed by atoms with Gasteiger partial charge >= 0.3 is 0 Å². The van der Waals surface area contributed by atoms with Crippen LogP contribution in [0.5, 0.6) is 11.6 Å². The highest BCUT2D eigenvalue weighted by atomic mass is 19.1. The van der Waals surface area contributed by atoms with Crippen molar-refractivity contribution in [3.8, 4) is 11.6 Å². The largest absolute Gasteiger partial charge is 0.439 e. The number of piperazine rings is 1. The topological polar surface area (TPSA) is 61.8 Å². The number of para-hydroxylation sites is 1. The Labute approximate surface area is 198 Å². The number of piperidine rings is 1. The number of halogens is 1. The molecule has 0 radical (unpaired) electrons. The normalized spacial score (nSPS) is 17.0. The Kier molecular flexibility index (Phi) is 6.56. The van der Waals surface area contributed by atoms with Crippen molar-refractivity contribution in [3.05, 3.63) is 72.8 Å². The summed E-state index contributed by atoms with van der Waals surface area (Å²) in [5, 5.41) is 0. The lowest BCUT2D eigenvalue weighted by Gasteiger charge is -2.39. The molecule has 2 fully saturated rings. The molecule has 2 saturated heterocycles. The molecule has 1 amide bonds. The van der Waals surface area contributed by atoms with Crippen LogP contribution in [0.3, 0.4) is 0 Å². The van der Waals surface area contributed by atoms with E-state index in [1.807, 2.05) is 41.3 Å². The molecule has 0 spiro atoms. The van der Waals surface area contributed by atoms with E-state index in [2.05, 4.69) is 19.8 Å². The number of ether oxygens (including phenoxy) is 1. The number of benzene rings is 2. The third-order valence-electron chi connectivity index (χ3n) is 6.54. The van der Waals surface area contributed by atoms with Crippen LogP contribution >= 0.6 is 0 Å². The Morgan fingerprint density at radius 1 is 0.853 bits per heavy atom. The summed E-state index contributed by atoms with van der Waals surface area (Å²) in [5.74, 6) is 2.11. The van der Waals surface area contributed by atoms with Gasteiger partial charge in [-0.1, -0.05) is 18.2 Å². The number of hydrogen-bond donors (Lipinski definition) is 0. The molecule has 176 valence electrons. The van der Waals surface area contributed by atoms with Crippen LogP contribution in [-0.4, -0.2) is 60.0 Å². The molecule has 2 aliphatic heterocycles. The molecule has 8 heteroatoms. The average Bonchev–Trinajstić information content (AvgIpc) is 2.90. The van der Waals surface area contributed by atoms with Gasteiger partial charge in [-0.15, -0.1) is 0 Å². The van der Waals surface area contributed by atoms with E-state index in [4.69, 9.17) is 4.74 Å². The molecule has 1 aromatic heterocycles. The third kappa shape index (κ3) is 5.11. The number of amides is 1. The minimum atomic E-state index is -0.231. The molecule has 5 rings (SSSR count). The monoisotopic (exact) mass is 461 g/mol. The Morgan fingerprint density at radius 3 is 2.26 bits per heavy atom. The molecule has 0 N–H and O–H groups in total. The molecule has 0 atom stereocenters. The van der Waals surface area contributed by atoms with E-state index in [9.17, 15) is 9.18 Å². The highest BCUT2D eigenvalue weighted by Crippen LogP contribution is 2.27. The first-order chi connectivity index (χ1) is 16.7. The van der Waals surface area contributed by atoms with Crippen LogP contribution in [0, 0.1) is 11.7 Å². The summed E-state index contributed by atoms with van der Waals surface area (Å²) < 4.78 is 19.0. The predicted octanol–water partition coefficient (Wildman–Crippen LogP) is 3.97. The molecular weight excluding hydrogens is 433 g/mol. The summed E-state index contributed by atoms with van der Waals surface area (Å²) in [7, 11) is 0. The van der Waals surface area contributed by atoms with E-state index in [0.29, 0.717) is 19.0 Å². The van der Waals surface area contributed by atoms with Crippen LogP contribution in [0.4, 0.5) is 15.9 Å². The van der Waals surface area contributed by atoms with Crippen LogP contribution in [0.15, 0.2) is 67.0 Å². The summed E-state index contributed by atoms with van der Waals surface area (Å²) in [5.41, 5.74) is 1.00. The van der Waals surface area contributed by atoms with Crippen molar-refractivity contribution in [2.24, 2.45) is 5.92 Å². The van der Waals surface area contributed by atoms with Gasteiger partial charge in [0.1, 0.15) is 23.7 Å². The van der Waals surface area contributed by atoms with Gasteiger partial charge in [0.05, 0.1) is 0 Å². The van der Waals surface area contributed by atoms with Crippen molar-refractivity contribution in [1.82, 2.24) is 14.9 Å². The molecule has 2 aromatic carbocycles. The van der Waals surface area contributed by atoms with E-state index in [1.165, 1.54) is 18.5 Å². The highest BCUT2D eigenvalue weighted by Gasteiger charge is 2.31. The number of carbonyl (C=O) groups is 1. The van der Waals surface area contributed by atoms with Crippen molar-refractivity contribution in [2.75, 3.05) is 49.1 Å². The van der Waals surface area contributed by atoms with Gasteiger partial charge in [-0.25, -0.2) is 14.4 Å². The zero-order chi connectivity index (χ0) is 23.3. The standard InChI is InChI=1S/C26H28FN5O2/c27-21-6-8-22(9-7-21)30-14-16-32(17-15-30)26(33)20-10-12-31(13-11-20)24-18-25(29-19-28-24)34-23-4-2-1-3-5-23/h1-9,18-20H,10-17H2. The molecule has 0 unspecified atom stereocenters. The number of aromatic nitrogens is 2. The highest BCUT2D eigenvalue weighted by molar-refractivity contribution is 5.79. The van der Waals surface area contributed by atoms with E-state index in [-0.39, 0.29) is 17.6 Å². The van der Waals surface area contributed by atoms with E-state index in [1.54, 1.807) is 12.1 Å². The van der Waals surface area contributed by atoms with Gasteiger partial charge < -0.3 is 19.4 Å². The Hall–Kier alpha value is -3.68. The van der Waals surface area contributed by atoms with E-state index >= 15 is 0 Å². The lowest BCUT2D eigenvalue weighted by molar-refractivity contribution is -0.136. The number of hydrogen-bond acceptors (Lipinski definition) is 6. The summed E-state index contributed by atoms with van der Waals surface area (Å²) in [6, 6.07) is 18.0. The zero-order valence-electron chi connectivity index (χ0n) is 19.0. The summed E-state index contributed by atoms with van der Waals surface area (Å²) >= 11 is 0. The molecule has 3 aromatic rings. The molecule has 34 heavy (non-hydrogen) atoms. The molecule has 0 aliphatic carbocycles. The summed E-state index contributed by atoms with van der Waals surface area (Å²) in [6.45, 7) is 4.47. The Bertz CT molecular complexity index is 1100. The lowest BCUT2D eigenvalue weighted by atomic mass is 9.95. The zero-order valence-corrected chi connectivity index (χ0v) is 19.0. The SMILES string of the molecule is O=C(C1CCN(c2cc(Oc3ccccc3)ncn2)CC1)N1CCN(c2ccc(F)cc2)CC1. The fraction of sp³-hybridized carbons (Fsp3) is 0.346. The Balaban J connectivity index is 1.12. The maximum atomic E-state index is 13.2. The second-order valence-electron chi connectivity index (χ2n) is 8.68. The van der Waals surface area contributed by atoms with Gasteiger partial charge in [-0.05, 0) is 49.2 Å². The van der Waals surface area contributed by atoms with Gasteiger partial charge in [-0.2, -0.15) is 0 Å². The average molecular weight is 462 g/mol. The summed E-state index contributed by atoms with van der Waals surface area (Å²) in [4.78, 5) is 28.2. The smallest absolute Gasteiger partial charge is 0.225 e. The van der Waals surface area contributed by atoms with Crippen molar-refractivity contribution in [3.63, 3.8) is 0 Å². The van der Waals surface area contributed by atoms with Crippen LogP contribution < -0.4 is 14.5 Å². The fourth-order valence-corrected chi connectivity index (χ4v) is 4.62. The first-order valence-electron chi connectivity index (χ1n) is 11.7. The molecule has 0 bridgehead atoms. The molecule has 2 aliphatic rings.